The number of nitrogen functional groups attached to an aromatic ring is 2. The van der Waals surface area contributed by atoms with Crippen molar-refractivity contribution < 1.29 is 4.92 Å². The van der Waals surface area contributed by atoms with E-state index in [9.17, 15) is 10.1 Å². The number of aromatic nitrogens is 2. The number of nitrogens with one attached hydrogen (secondary N) is 1. The molecule has 0 fully saturated rings. The highest BCUT2D eigenvalue weighted by Gasteiger charge is 2.14. The first kappa shape index (κ1) is 17.7. The van der Waals surface area contributed by atoms with Crippen LogP contribution in [0.5, 0.6) is 0 Å². The summed E-state index contributed by atoms with van der Waals surface area (Å²) in [5.74, 6) is 0.318. The van der Waals surface area contributed by atoms with Gasteiger partial charge in [0.25, 0.3) is 5.69 Å². The molecule has 1 heterocycles. The van der Waals surface area contributed by atoms with E-state index >= 15 is 0 Å². The van der Waals surface area contributed by atoms with Crippen molar-refractivity contribution >= 4 is 34.7 Å². The summed E-state index contributed by atoms with van der Waals surface area (Å²) in [4.78, 5) is 18.4. The zero-order valence-corrected chi connectivity index (χ0v) is 13.6. The number of hydrogen-bond donors (Lipinski definition) is 4. The van der Waals surface area contributed by atoms with Gasteiger partial charge in [0.1, 0.15) is 5.69 Å². The second-order valence-corrected chi connectivity index (χ2v) is 5.46. The molecule has 0 saturated heterocycles. The minimum absolute atomic E-state index is 0.00374. The highest BCUT2D eigenvalue weighted by molar-refractivity contribution is 6.32. The van der Waals surface area contributed by atoms with E-state index in [0.29, 0.717) is 37.3 Å². The van der Waals surface area contributed by atoms with Crippen molar-refractivity contribution in [2.24, 2.45) is 5.73 Å². The Balaban J connectivity index is 2.19. The Bertz CT molecular complexity index is 754. The molecule has 9 nitrogen and oxygen atoms in total. The molecular weight excluding hydrogens is 334 g/mol. The maximum atomic E-state index is 11.1. The summed E-state index contributed by atoms with van der Waals surface area (Å²) >= 11 is 5.86. The van der Waals surface area contributed by atoms with E-state index in [-0.39, 0.29) is 22.5 Å². The lowest BCUT2D eigenvalue weighted by Gasteiger charge is -2.11. The predicted molar refractivity (Wildman–Crippen MR) is 93.7 cm³/mol. The number of nitro benzene ring substituents is 1. The Hall–Kier alpha value is -2.65. The number of nitro groups is 1. The van der Waals surface area contributed by atoms with Crippen molar-refractivity contribution in [2.75, 3.05) is 23.3 Å². The maximum Gasteiger partial charge on any atom is 0.272 e. The summed E-state index contributed by atoms with van der Waals surface area (Å²) in [5.41, 5.74) is 18.6. The fourth-order valence-corrected chi connectivity index (χ4v) is 2.37. The minimum atomic E-state index is -0.397. The SMILES string of the molecule is NCCCc1cc(CNc2nc(N)nc(Cl)c2N)ccc1[N+](=O)[O-]. The highest BCUT2D eigenvalue weighted by Crippen LogP contribution is 2.26. The van der Waals surface area contributed by atoms with Crippen LogP contribution in [0.25, 0.3) is 0 Å². The number of rotatable bonds is 7. The van der Waals surface area contributed by atoms with Gasteiger partial charge >= 0.3 is 0 Å². The zero-order valence-electron chi connectivity index (χ0n) is 12.8. The highest BCUT2D eigenvalue weighted by atomic mass is 35.5. The van der Waals surface area contributed by atoms with Crippen molar-refractivity contribution in [1.29, 1.82) is 0 Å². The maximum absolute atomic E-state index is 11.1. The van der Waals surface area contributed by atoms with Gasteiger partial charge in [-0.05, 0) is 31.0 Å². The van der Waals surface area contributed by atoms with E-state index in [1.165, 1.54) is 6.07 Å². The van der Waals surface area contributed by atoms with Crippen molar-refractivity contribution in [2.45, 2.75) is 19.4 Å². The lowest BCUT2D eigenvalue weighted by Crippen LogP contribution is -2.09. The summed E-state index contributed by atoms with van der Waals surface area (Å²) in [5, 5.41) is 14.2. The van der Waals surface area contributed by atoms with Crippen molar-refractivity contribution in [3.8, 4) is 0 Å². The van der Waals surface area contributed by atoms with Crippen molar-refractivity contribution in [3.63, 3.8) is 0 Å². The quantitative estimate of drug-likeness (QED) is 0.333. The lowest BCUT2D eigenvalue weighted by molar-refractivity contribution is -0.385. The van der Waals surface area contributed by atoms with Crippen LogP contribution in [0, 0.1) is 10.1 Å². The third-order valence-corrected chi connectivity index (χ3v) is 3.66. The molecule has 10 heteroatoms. The van der Waals surface area contributed by atoms with Gasteiger partial charge in [-0.15, -0.1) is 0 Å². The van der Waals surface area contributed by atoms with E-state index in [4.69, 9.17) is 28.8 Å². The van der Waals surface area contributed by atoms with Crippen LogP contribution >= 0.6 is 11.6 Å². The largest absolute Gasteiger partial charge is 0.393 e. The fraction of sp³-hybridized carbons (Fsp3) is 0.286. The van der Waals surface area contributed by atoms with Gasteiger partial charge in [0.15, 0.2) is 11.0 Å². The molecule has 0 aliphatic carbocycles. The molecule has 7 N–H and O–H groups in total. The average Bonchev–Trinajstić information content (AvgIpc) is 2.54. The van der Waals surface area contributed by atoms with Crippen LogP contribution in [0.1, 0.15) is 17.5 Å². The third-order valence-electron chi connectivity index (χ3n) is 3.37. The molecule has 2 rings (SSSR count). The number of hydrogen-bond acceptors (Lipinski definition) is 8. The van der Waals surface area contributed by atoms with Gasteiger partial charge in [-0.25, -0.2) is 0 Å². The van der Waals surface area contributed by atoms with E-state index in [0.717, 1.165) is 5.56 Å². The van der Waals surface area contributed by atoms with Gasteiger partial charge < -0.3 is 22.5 Å². The molecule has 24 heavy (non-hydrogen) atoms. The number of nitrogens with two attached hydrogens (primary N) is 3. The number of aryl methyl sites for hydroxylation is 1. The Labute approximate surface area is 143 Å². The van der Waals surface area contributed by atoms with Crippen LogP contribution in [0.3, 0.4) is 0 Å². The minimum Gasteiger partial charge on any atom is -0.393 e. The van der Waals surface area contributed by atoms with E-state index in [1.54, 1.807) is 12.1 Å². The van der Waals surface area contributed by atoms with Crippen molar-refractivity contribution in [3.05, 3.63) is 44.6 Å². The van der Waals surface area contributed by atoms with Gasteiger partial charge in [-0.1, -0.05) is 17.7 Å². The Morgan fingerprint density at radius 3 is 2.71 bits per heavy atom. The van der Waals surface area contributed by atoms with E-state index < -0.39 is 4.92 Å². The summed E-state index contributed by atoms with van der Waals surface area (Å²) in [6.07, 6.45) is 1.21. The molecule has 0 amide bonds. The van der Waals surface area contributed by atoms with Crippen LogP contribution in [-0.4, -0.2) is 21.4 Å². The molecule has 0 aliphatic rings. The molecule has 0 spiro atoms. The second-order valence-electron chi connectivity index (χ2n) is 5.10. The summed E-state index contributed by atoms with van der Waals surface area (Å²) in [6, 6.07) is 4.91. The van der Waals surface area contributed by atoms with Crippen molar-refractivity contribution in [1.82, 2.24) is 9.97 Å². The standard InChI is InChI=1S/C14H18ClN7O2/c15-12-11(17)13(21-14(18)20-12)19-7-8-3-4-10(22(23)24)9(6-8)2-1-5-16/h3-4,6H,1-2,5,7,16-17H2,(H3,18,19,20,21). The number of halogens is 1. The fourth-order valence-electron chi connectivity index (χ4n) is 2.20. The van der Waals surface area contributed by atoms with Gasteiger partial charge in [-0.3, -0.25) is 10.1 Å². The molecule has 1 aromatic carbocycles. The van der Waals surface area contributed by atoms with Crippen LogP contribution in [0.4, 0.5) is 23.1 Å². The third kappa shape index (κ3) is 4.21. The number of anilines is 3. The van der Waals surface area contributed by atoms with Gasteiger partial charge in [0.05, 0.1) is 4.92 Å². The summed E-state index contributed by atoms with van der Waals surface area (Å²) in [6.45, 7) is 0.819. The Morgan fingerprint density at radius 1 is 1.29 bits per heavy atom. The predicted octanol–water partition coefficient (Wildman–Crippen LogP) is 1.71. The van der Waals surface area contributed by atoms with E-state index in [2.05, 4.69) is 15.3 Å². The number of benzene rings is 1. The van der Waals surface area contributed by atoms with Crippen LogP contribution in [-0.2, 0) is 13.0 Å². The molecule has 1 aromatic heterocycles. The second kappa shape index (κ2) is 7.75. The van der Waals surface area contributed by atoms with Gasteiger partial charge in [0.2, 0.25) is 5.95 Å². The monoisotopic (exact) mass is 351 g/mol. The van der Waals surface area contributed by atoms with Crippen LogP contribution in [0.15, 0.2) is 18.2 Å². The smallest absolute Gasteiger partial charge is 0.272 e. The molecular formula is C14H18ClN7O2. The topological polar surface area (TPSA) is 159 Å². The number of nitrogens with zero attached hydrogens (tertiary/aromatic N) is 3. The zero-order chi connectivity index (χ0) is 17.7. The molecule has 0 bridgehead atoms. The molecule has 2 aromatic rings. The summed E-state index contributed by atoms with van der Waals surface area (Å²) in [7, 11) is 0. The van der Waals surface area contributed by atoms with Crippen LogP contribution in [0.2, 0.25) is 5.15 Å². The average molecular weight is 352 g/mol. The van der Waals surface area contributed by atoms with Crippen LogP contribution < -0.4 is 22.5 Å². The molecule has 0 saturated carbocycles. The molecule has 0 radical (unpaired) electrons. The van der Waals surface area contributed by atoms with E-state index in [1.807, 2.05) is 0 Å². The van der Waals surface area contributed by atoms with Gasteiger partial charge in [-0.2, -0.15) is 9.97 Å². The lowest BCUT2D eigenvalue weighted by atomic mass is 10.0. The molecule has 0 unspecified atom stereocenters. The molecule has 0 aliphatic heterocycles. The summed E-state index contributed by atoms with van der Waals surface area (Å²) < 4.78 is 0. The first-order valence-electron chi connectivity index (χ1n) is 7.21. The first-order chi connectivity index (χ1) is 11.4. The normalized spacial score (nSPS) is 10.6. The molecule has 128 valence electrons. The van der Waals surface area contributed by atoms with Gasteiger partial charge in [0, 0.05) is 18.2 Å². The molecule has 0 atom stereocenters. The Kier molecular flexibility index (Phi) is 5.72. The first-order valence-corrected chi connectivity index (χ1v) is 7.58. The Morgan fingerprint density at radius 2 is 2.04 bits per heavy atom.